The van der Waals surface area contributed by atoms with E-state index in [1.807, 2.05) is 20.8 Å². The Balaban J connectivity index is 3.73. The van der Waals surface area contributed by atoms with Crippen LogP contribution in [0.15, 0.2) is 0 Å². The summed E-state index contributed by atoms with van der Waals surface area (Å²) >= 11 is 4.96. The fourth-order valence-electron chi connectivity index (χ4n) is 0.645. The van der Waals surface area contributed by atoms with Crippen LogP contribution in [0.2, 0.25) is 0 Å². The van der Waals surface area contributed by atoms with E-state index in [0.29, 0.717) is 5.92 Å². The van der Waals surface area contributed by atoms with Crippen molar-refractivity contribution in [1.29, 1.82) is 0 Å². The maximum atomic E-state index is 11.9. The van der Waals surface area contributed by atoms with Gasteiger partial charge in [-0.05, 0) is 5.92 Å². The Morgan fingerprint density at radius 1 is 1.44 bits per heavy atom. The first-order valence-electron chi connectivity index (χ1n) is 3.19. The standard InChI is InChI=1S/C7H13FS/c1-5(2)7(9)6(3)4-8/h5-6H,4H2,1-3H3/t6-/m1/s1. The van der Waals surface area contributed by atoms with Crippen molar-refractivity contribution >= 4 is 17.1 Å². The zero-order valence-electron chi connectivity index (χ0n) is 6.15. The van der Waals surface area contributed by atoms with Gasteiger partial charge in [-0.3, -0.25) is 4.39 Å². The van der Waals surface area contributed by atoms with Crippen LogP contribution in [0.25, 0.3) is 0 Å². The van der Waals surface area contributed by atoms with Crippen molar-refractivity contribution in [3.8, 4) is 0 Å². The molecule has 1 atom stereocenters. The van der Waals surface area contributed by atoms with Crippen molar-refractivity contribution in [3.63, 3.8) is 0 Å². The number of halogens is 1. The van der Waals surface area contributed by atoms with Gasteiger partial charge in [0.2, 0.25) is 0 Å². The SMILES string of the molecule is CC(C)C(=S)[C@H](C)CF. The van der Waals surface area contributed by atoms with Crippen LogP contribution < -0.4 is 0 Å². The summed E-state index contributed by atoms with van der Waals surface area (Å²) in [7, 11) is 0. The lowest BCUT2D eigenvalue weighted by atomic mass is 10.00. The van der Waals surface area contributed by atoms with E-state index in [4.69, 9.17) is 12.2 Å². The van der Waals surface area contributed by atoms with E-state index in [-0.39, 0.29) is 12.6 Å². The average molecular weight is 148 g/mol. The number of hydrogen-bond acceptors (Lipinski definition) is 1. The van der Waals surface area contributed by atoms with Gasteiger partial charge in [-0.1, -0.05) is 33.0 Å². The summed E-state index contributed by atoms with van der Waals surface area (Å²) in [5.74, 6) is 0.297. The van der Waals surface area contributed by atoms with Gasteiger partial charge in [0.25, 0.3) is 0 Å². The minimum Gasteiger partial charge on any atom is -0.250 e. The van der Waals surface area contributed by atoms with Crippen molar-refractivity contribution in [2.75, 3.05) is 6.67 Å². The minimum absolute atomic E-state index is 0.0417. The molecule has 0 fully saturated rings. The van der Waals surface area contributed by atoms with Crippen LogP contribution in [-0.2, 0) is 0 Å². The molecule has 0 aliphatic heterocycles. The Kier molecular flexibility index (Phi) is 3.95. The summed E-state index contributed by atoms with van der Waals surface area (Å²) in [4.78, 5) is 0.845. The maximum Gasteiger partial charge on any atom is 0.0965 e. The van der Waals surface area contributed by atoms with Crippen LogP contribution in [0.1, 0.15) is 20.8 Å². The van der Waals surface area contributed by atoms with Gasteiger partial charge in [0.15, 0.2) is 0 Å². The Morgan fingerprint density at radius 2 is 1.89 bits per heavy atom. The second-order valence-corrected chi connectivity index (χ2v) is 3.08. The first-order chi connectivity index (χ1) is 4.09. The fraction of sp³-hybridized carbons (Fsp3) is 0.857. The topological polar surface area (TPSA) is 0 Å². The van der Waals surface area contributed by atoms with Gasteiger partial charge < -0.3 is 0 Å². The third-order valence-electron chi connectivity index (χ3n) is 1.29. The third-order valence-corrected chi connectivity index (χ3v) is 2.16. The van der Waals surface area contributed by atoms with Crippen molar-refractivity contribution in [3.05, 3.63) is 0 Å². The highest BCUT2D eigenvalue weighted by atomic mass is 32.1. The van der Waals surface area contributed by atoms with Crippen molar-refractivity contribution in [2.45, 2.75) is 20.8 Å². The van der Waals surface area contributed by atoms with E-state index in [9.17, 15) is 4.39 Å². The molecule has 0 amide bonds. The van der Waals surface area contributed by atoms with E-state index >= 15 is 0 Å². The molecule has 0 aromatic heterocycles. The largest absolute Gasteiger partial charge is 0.250 e. The normalized spacial score (nSPS) is 13.9. The second-order valence-electron chi connectivity index (χ2n) is 2.61. The molecule has 9 heavy (non-hydrogen) atoms. The van der Waals surface area contributed by atoms with Crippen LogP contribution in [0.4, 0.5) is 4.39 Å². The van der Waals surface area contributed by atoms with Crippen molar-refractivity contribution < 1.29 is 4.39 Å². The van der Waals surface area contributed by atoms with Crippen LogP contribution >= 0.6 is 12.2 Å². The molecule has 0 heterocycles. The summed E-state index contributed by atoms with van der Waals surface area (Å²) in [6.07, 6.45) is 0. The number of thiocarbonyl (C=S) groups is 1. The molecular weight excluding hydrogens is 135 g/mol. The summed E-state index contributed by atoms with van der Waals surface area (Å²) in [5.41, 5.74) is 0. The van der Waals surface area contributed by atoms with Gasteiger partial charge in [0.1, 0.15) is 0 Å². The van der Waals surface area contributed by atoms with Gasteiger partial charge in [0, 0.05) is 10.8 Å². The predicted octanol–water partition coefficient (Wildman–Crippen LogP) is 2.62. The maximum absolute atomic E-state index is 11.9. The lowest BCUT2D eigenvalue weighted by Crippen LogP contribution is -2.16. The summed E-state index contributed by atoms with van der Waals surface area (Å²) in [6.45, 7) is 5.49. The Morgan fingerprint density at radius 3 is 2.00 bits per heavy atom. The molecule has 0 unspecified atom stereocenters. The van der Waals surface area contributed by atoms with Crippen LogP contribution in [0.3, 0.4) is 0 Å². The van der Waals surface area contributed by atoms with Gasteiger partial charge in [-0.15, -0.1) is 0 Å². The minimum atomic E-state index is -0.322. The van der Waals surface area contributed by atoms with Gasteiger partial charge >= 0.3 is 0 Å². The van der Waals surface area contributed by atoms with E-state index in [2.05, 4.69) is 0 Å². The monoisotopic (exact) mass is 148 g/mol. The van der Waals surface area contributed by atoms with Crippen molar-refractivity contribution in [2.24, 2.45) is 11.8 Å². The number of rotatable bonds is 3. The molecule has 0 N–H and O–H groups in total. The molecule has 0 saturated carbocycles. The van der Waals surface area contributed by atoms with Crippen LogP contribution in [0.5, 0.6) is 0 Å². The molecule has 0 aromatic carbocycles. The van der Waals surface area contributed by atoms with Crippen LogP contribution in [-0.4, -0.2) is 11.5 Å². The van der Waals surface area contributed by atoms with Crippen LogP contribution in [0, 0.1) is 11.8 Å². The van der Waals surface area contributed by atoms with E-state index < -0.39 is 0 Å². The fourth-order valence-corrected chi connectivity index (χ4v) is 0.708. The predicted molar refractivity (Wildman–Crippen MR) is 42.6 cm³/mol. The van der Waals surface area contributed by atoms with Crippen molar-refractivity contribution in [1.82, 2.24) is 0 Å². The third kappa shape index (κ3) is 2.89. The molecule has 0 aliphatic rings. The Labute approximate surface area is 61.5 Å². The summed E-state index contributed by atoms with van der Waals surface area (Å²) in [6, 6.07) is 0. The van der Waals surface area contributed by atoms with Gasteiger partial charge in [0.05, 0.1) is 6.67 Å². The average Bonchev–Trinajstić information content (AvgIpc) is 1.84. The summed E-state index contributed by atoms with van der Waals surface area (Å²) < 4.78 is 11.9. The first-order valence-corrected chi connectivity index (χ1v) is 3.60. The molecule has 54 valence electrons. The molecule has 0 aliphatic carbocycles. The molecule has 0 radical (unpaired) electrons. The van der Waals surface area contributed by atoms with E-state index in [0.717, 1.165) is 4.86 Å². The lowest BCUT2D eigenvalue weighted by Gasteiger charge is -2.11. The zero-order valence-corrected chi connectivity index (χ0v) is 6.96. The number of alkyl halides is 1. The Bertz CT molecular complexity index is 99.1. The molecule has 0 rings (SSSR count). The first kappa shape index (κ1) is 9.02. The molecule has 2 heteroatoms. The molecule has 0 spiro atoms. The molecule has 0 aromatic rings. The highest BCUT2D eigenvalue weighted by molar-refractivity contribution is 7.80. The van der Waals surface area contributed by atoms with Gasteiger partial charge in [-0.2, -0.15) is 0 Å². The zero-order chi connectivity index (χ0) is 7.44. The lowest BCUT2D eigenvalue weighted by molar-refractivity contribution is 0.440. The quantitative estimate of drug-likeness (QED) is 0.554. The van der Waals surface area contributed by atoms with E-state index in [1.165, 1.54) is 0 Å². The molecule has 0 saturated heterocycles. The molecule has 0 bridgehead atoms. The smallest absolute Gasteiger partial charge is 0.0965 e. The van der Waals surface area contributed by atoms with Gasteiger partial charge in [-0.25, -0.2) is 0 Å². The van der Waals surface area contributed by atoms with E-state index in [1.54, 1.807) is 0 Å². The molecule has 0 nitrogen and oxygen atoms in total. The highest BCUT2D eigenvalue weighted by Crippen LogP contribution is 2.08. The highest BCUT2D eigenvalue weighted by Gasteiger charge is 2.10. The number of hydrogen-bond donors (Lipinski definition) is 0. The Hall–Kier alpha value is 0.0200. The second kappa shape index (κ2) is 3.94. The summed E-state index contributed by atoms with van der Waals surface area (Å²) in [5, 5.41) is 0. The molecular formula is C7H13FS.